The second-order valence-corrected chi connectivity index (χ2v) is 5.93. The van der Waals surface area contributed by atoms with Gasteiger partial charge in [-0.25, -0.2) is 4.79 Å². The first-order chi connectivity index (χ1) is 9.95. The number of aryl methyl sites for hydroxylation is 1. The maximum atomic E-state index is 11.4. The Hall–Kier alpha value is -1.88. The minimum Gasteiger partial charge on any atom is -0.423 e. The van der Waals surface area contributed by atoms with Gasteiger partial charge < -0.3 is 15.1 Å². The van der Waals surface area contributed by atoms with Gasteiger partial charge in [0.1, 0.15) is 5.58 Å². The number of thiocarbonyl (C=S) groups is 1. The molecule has 0 aliphatic carbocycles. The Labute approximate surface area is 129 Å². The van der Waals surface area contributed by atoms with Gasteiger partial charge in [-0.2, -0.15) is 0 Å². The number of rotatable bonds is 4. The fourth-order valence-corrected chi connectivity index (χ4v) is 2.27. The van der Waals surface area contributed by atoms with Crippen LogP contribution in [0.25, 0.3) is 11.0 Å². The van der Waals surface area contributed by atoms with Crippen molar-refractivity contribution in [1.29, 1.82) is 0 Å². The van der Waals surface area contributed by atoms with Crippen LogP contribution in [0.3, 0.4) is 0 Å². The lowest BCUT2D eigenvalue weighted by atomic mass is 10.1. The number of hydrogen-bond donors (Lipinski definition) is 2. The third-order valence-electron chi connectivity index (χ3n) is 3.22. The predicted molar refractivity (Wildman–Crippen MR) is 90.9 cm³/mol. The van der Waals surface area contributed by atoms with Crippen molar-refractivity contribution < 1.29 is 4.42 Å². The molecule has 1 aromatic heterocycles. The van der Waals surface area contributed by atoms with Gasteiger partial charge in [0.05, 0.1) is 0 Å². The van der Waals surface area contributed by atoms with Gasteiger partial charge in [-0.05, 0) is 49.2 Å². The normalized spacial score (nSPS) is 10.9. The summed E-state index contributed by atoms with van der Waals surface area (Å²) >= 11 is 5.25. The van der Waals surface area contributed by atoms with Gasteiger partial charge in [0.15, 0.2) is 5.11 Å². The summed E-state index contributed by atoms with van der Waals surface area (Å²) < 4.78 is 5.22. The molecule has 112 valence electrons. The van der Waals surface area contributed by atoms with E-state index in [1.54, 1.807) is 6.07 Å². The van der Waals surface area contributed by atoms with E-state index < -0.39 is 0 Å². The number of anilines is 1. The molecule has 4 nitrogen and oxygen atoms in total. The van der Waals surface area contributed by atoms with E-state index in [9.17, 15) is 4.79 Å². The van der Waals surface area contributed by atoms with E-state index in [0.717, 1.165) is 29.6 Å². The summed E-state index contributed by atoms with van der Waals surface area (Å²) in [5, 5.41) is 7.77. The van der Waals surface area contributed by atoms with E-state index in [1.165, 1.54) is 6.07 Å². The lowest BCUT2D eigenvalue weighted by molar-refractivity contribution is 0.560. The molecule has 0 radical (unpaired) electrons. The van der Waals surface area contributed by atoms with Crippen molar-refractivity contribution in [2.45, 2.75) is 27.2 Å². The van der Waals surface area contributed by atoms with Gasteiger partial charge in [-0.15, -0.1) is 0 Å². The second kappa shape index (κ2) is 6.72. The van der Waals surface area contributed by atoms with Crippen molar-refractivity contribution in [2.24, 2.45) is 5.92 Å². The molecule has 0 saturated heterocycles. The summed E-state index contributed by atoms with van der Waals surface area (Å²) in [5.74, 6) is 0.637. The van der Waals surface area contributed by atoms with Gasteiger partial charge in [-0.3, -0.25) is 0 Å². The number of nitrogens with one attached hydrogen (secondary N) is 2. The SMILES string of the molecule is Cc1cc(=O)oc2cc(NC(=S)NCCC(C)C)ccc12. The maximum Gasteiger partial charge on any atom is 0.336 e. The van der Waals surface area contributed by atoms with Crippen LogP contribution in [-0.2, 0) is 0 Å². The fourth-order valence-electron chi connectivity index (χ4n) is 2.05. The van der Waals surface area contributed by atoms with E-state index in [0.29, 0.717) is 16.6 Å². The van der Waals surface area contributed by atoms with Crippen LogP contribution in [0, 0.1) is 12.8 Å². The minimum atomic E-state index is -0.338. The van der Waals surface area contributed by atoms with Crippen LogP contribution in [0.15, 0.2) is 33.5 Å². The van der Waals surface area contributed by atoms with E-state index in [2.05, 4.69) is 24.5 Å². The summed E-state index contributed by atoms with van der Waals surface area (Å²) in [6, 6.07) is 7.13. The fraction of sp³-hybridized carbons (Fsp3) is 0.375. The molecule has 5 heteroatoms. The highest BCUT2D eigenvalue weighted by molar-refractivity contribution is 7.80. The van der Waals surface area contributed by atoms with Crippen molar-refractivity contribution in [3.63, 3.8) is 0 Å². The predicted octanol–water partition coefficient (Wildman–Crippen LogP) is 3.43. The molecule has 2 rings (SSSR count). The molecule has 2 N–H and O–H groups in total. The van der Waals surface area contributed by atoms with Crippen molar-refractivity contribution in [1.82, 2.24) is 5.32 Å². The molecule has 2 aromatic rings. The molecule has 0 aliphatic rings. The van der Waals surface area contributed by atoms with Crippen LogP contribution < -0.4 is 16.3 Å². The third-order valence-corrected chi connectivity index (χ3v) is 3.46. The molecular weight excluding hydrogens is 284 g/mol. The summed E-state index contributed by atoms with van der Waals surface area (Å²) in [6.07, 6.45) is 1.06. The third kappa shape index (κ3) is 4.29. The van der Waals surface area contributed by atoms with Crippen LogP contribution in [0.1, 0.15) is 25.8 Å². The molecule has 21 heavy (non-hydrogen) atoms. The topological polar surface area (TPSA) is 54.3 Å². The first kappa shape index (κ1) is 15.5. The van der Waals surface area contributed by atoms with Gasteiger partial charge in [-0.1, -0.05) is 13.8 Å². The molecule has 0 spiro atoms. The first-order valence-corrected chi connectivity index (χ1v) is 7.46. The summed E-state index contributed by atoms with van der Waals surface area (Å²) in [4.78, 5) is 11.4. The van der Waals surface area contributed by atoms with Crippen LogP contribution in [0.4, 0.5) is 5.69 Å². The highest BCUT2D eigenvalue weighted by atomic mass is 32.1. The zero-order chi connectivity index (χ0) is 15.4. The number of hydrogen-bond acceptors (Lipinski definition) is 3. The van der Waals surface area contributed by atoms with Gasteiger partial charge in [0, 0.05) is 29.8 Å². The lowest BCUT2D eigenvalue weighted by Crippen LogP contribution is -2.29. The molecule has 0 bridgehead atoms. The number of benzene rings is 1. The van der Waals surface area contributed by atoms with Gasteiger partial charge in [0.25, 0.3) is 0 Å². The average molecular weight is 304 g/mol. The zero-order valence-electron chi connectivity index (χ0n) is 12.5. The van der Waals surface area contributed by atoms with Crippen LogP contribution in [0.2, 0.25) is 0 Å². The molecular formula is C16H20N2O2S. The maximum absolute atomic E-state index is 11.4. The van der Waals surface area contributed by atoms with Crippen molar-refractivity contribution >= 4 is 34.0 Å². The monoisotopic (exact) mass is 304 g/mol. The Balaban J connectivity index is 2.09. The second-order valence-electron chi connectivity index (χ2n) is 5.52. The molecule has 0 fully saturated rings. The smallest absolute Gasteiger partial charge is 0.336 e. The molecule has 0 aliphatic heterocycles. The molecule has 0 saturated carbocycles. The van der Waals surface area contributed by atoms with Crippen molar-refractivity contribution in [3.8, 4) is 0 Å². The van der Waals surface area contributed by atoms with Crippen LogP contribution >= 0.6 is 12.2 Å². The summed E-state index contributed by atoms with van der Waals surface area (Å²) in [5.41, 5.74) is 1.94. The lowest BCUT2D eigenvalue weighted by Gasteiger charge is -2.12. The standard InChI is InChI=1S/C16H20N2O2S/c1-10(2)6-7-17-16(21)18-12-4-5-13-11(3)8-15(19)20-14(13)9-12/h4-5,8-10H,6-7H2,1-3H3,(H2,17,18,21). The Morgan fingerprint density at radius 1 is 1.33 bits per heavy atom. The van der Waals surface area contributed by atoms with Gasteiger partial charge in [0.2, 0.25) is 0 Å². The molecule has 1 aromatic carbocycles. The Bertz CT molecular complexity index is 707. The largest absolute Gasteiger partial charge is 0.423 e. The summed E-state index contributed by atoms with van der Waals surface area (Å²) in [6.45, 7) is 7.08. The molecule has 0 amide bonds. The summed E-state index contributed by atoms with van der Waals surface area (Å²) in [7, 11) is 0. The zero-order valence-corrected chi connectivity index (χ0v) is 13.3. The first-order valence-electron chi connectivity index (χ1n) is 7.05. The highest BCUT2D eigenvalue weighted by Gasteiger charge is 2.04. The van der Waals surface area contributed by atoms with E-state index in [4.69, 9.17) is 16.6 Å². The molecule has 1 heterocycles. The van der Waals surface area contributed by atoms with Gasteiger partial charge >= 0.3 is 5.63 Å². The number of fused-ring (bicyclic) bond motifs is 1. The quantitative estimate of drug-likeness (QED) is 0.669. The molecule has 0 atom stereocenters. The minimum absolute atomic E-state index is 0.338. The Morgan fingerprint density at radius 3 is 2.81 bits per heavy atom. The van der Waals surface area contributed by atoms with E-state index >= 15 is 0 Å². The van der Waals surface area contributed by atoms with Crippen molar-refractivity contribution in [2.75, 3.05) is 11.9 Å². The van der Waals surface area contributed by atoms with E-state index in [1.807, 2.05) is 19.1 Å². The van der Waals surface area contributed by atoms with Crippen molar-refractivity contribution in [3.05, 3.63) is 40.2 Å². The molecule has 0 unspecified atom stereocenters. The highest BCUT2D eigenvalue weighted by Crippen LogP contribution is 2.20. The Kier molecular flexibility index (Phi) is 4.96. The van der Waals surface area contributed by atoms with Crippen LogP contribution in [0.5, 0.6) is 0 Å². The Morgan fingerprint density at radius 2 is 2.10 bits per heavy atom. The average Bonchev–Trinajstić information content (AvgIpc) is 2.37. The van der Waals surface area contributed by atoms with E-state index in [-0.39, 0.29) is 5.63 Å². The van der Waals surface area contributed by atoms with Crippen LogP contribution in [-0.4, -0.2) is 11.7 Å².